The maximum absolute atomic E-state index is 2.19. The monoisotopic (exact) mass is 165 g/mol. The fraction of sp³-hybridized carbons (Fsp3) is 0.750. The van der Waals surface area contributed by atoms with Crippen molar-refractivity contribution < 1.29 is 51.4 Å². The van der Waals surface area contributed by atoms with Crippen molar-refractivity contribution in [3.05, 3.63) is 18.0 Å². The van der Waals surface area contributed by atoms with Gasteiger partial charge >= 0.3 is 51.4 Å². The predicted octanol–water partition coefficient (Wildman–Crippen LogP) is 0.470. The van der Waals surface area contributed by atoms with Crippen LogP contribution in [0.3, 0.4) is 0 Å². The molecule has 2 N–H and O–H groups in total. The molecule has 0 saturated heterocycles. The molecule has 0 aliphatic heterocycles. The SMILES string of the molecule is C[C-]1CC1.C[C-]1CC1.[K+].[NH2-]. The van der Waals surface area contributed by atoms with Gasteiger partial charge in [-0.1, -0.05) is 0 Å². The van der Waals surface area contributed by atoms with Gasteiger partial charge in [-0.05, 0) is 0 Å². The molecule has 2 aliphatic rings. The van der Waals surface area contributed by atoms with Crippen molar-refractivity contribution in [2.75, 3.05) is 0 Å². The third-order valence-corrected chi connectivity index (χ3v) is 1.50. The number of hydrogen-bond acceptors (Lipinski definition) is 0. The first-order valence-electron chi connectivity index (χ1n) is 3.41. The van der Waals surface area contributed by atoms with Crippen LogP contribution in [0, 0.1) is 11.8 Å². The summed E-state index contributed by atoms with van der Waals surface area (Å²) in [6.07, 6.45) is 5.61. The molecule has 0 radical (unpaired) electrons. The topological polar surface area (TPSA) is 33.5 Å². The number of hydrogen-bond donors (Lipinski definition) is 0. The van der Waals surface area contributed by atoms with E-state index in [0.717, 1.165) is 0 Å². The largest absolute Gasteiger partial charge is 1.00 e. The molecule has 1 nitrogen and oxygen atoms in total. The summed E-state index contributed by atoms with van der Waals surface area (Å²) < 4.78 is 0. The van der Waals surface area contributed by atoms with Crippen molar-refractivity contribution >= 4 is 0 Å². The molecule has 0 bridgehead atoms. The fourth-order valence-corrected chi connectivity index (χ4v) is 0.250. The Kier molecular flexibility index (Phi) is 10.3. The van der Waals surface area contributed by atoms with Crippen molar-refractivity contribution in [2.45, 2.75) is 39.5 Å². The Balaban J connectivity index is 0. The average molecular weight is 165 g/mol. The van der Waals surface area contributed by atoms with Crippen LogP contribution in [0.5, 0.6) is 0 Å². The minimum atomic E-state index is 0. The van der Waals surface area contributed by atoms with Crippen LogP contribution in [-0.2, 0) is 0 Å². The second-order valence-electron chi connectivity index (χ2n) is 2.91. The summed E-state index contributed by atoms with van der Waals surface area (Å²) in [4.78, 5) is 0. The van der Waals surface area contributed by atoms with E-state index >= 15 is 0 Å². The van der Waals surface area contributed by atoms with Gasteiger partial charge < -0.3 is 18.0 Å². The molecule has 0 unspecified atom stereocenters. The standard InChI is InChI=1S/2C4H7.K.H2N/c2*1-4-2-3-4;;/h2*2-3H2,1H3;;1H2/q2*-1;+1;-1. The van der Waals surface area contributed by atoms with Gasteiger partial charge in [0.25, 0.3) is 0 Å². The summed E-state index contributed by atoms with van der Waals surface area (Å²) >= 11 is 0. The van der Waals surface area contributed by atoms with Crippen LogP contribution in [0.1, 0.15) is 39.5 Å². The van der Waals surface area contributed by atoms with Crippen LogP contribution in [0.2, 0.25) is 0 Å². The van der Waals surface area contributed by atoms with E-state index in [-0.39, 0.29) is 57.5 Å². The first kappa shape index (κ1) is 14.1. The average Bonchev–Trinajstić information content (AvgIpc) is 2.47. The van der Waals surface area contributed by atoms with Gasteiger partial charge in [-0.3, -0.25) is 0 Å². The van der Waals surface area contributed by atoms with Gasteiger partial charge in [0.1, 0.15) is 0 Å². The van der Waals surface area contributed by atoms with Crippen molar-refractivity contribution in [1.82, 2.24) is 0 Å². The molecule has 56 valence electrons. The number of nitrogens with two attached hydrogens (primary N) is 1. The first-order valence-corrected chi connectivity index (χ1v) is 3.41. The zero-order valence-electron chi connectivity index (χ0n) is 7.41. The summed E-state index contributed by atoms with van der Waals surface area (Å²) in [5.41, 5.74) is 0. The summed E-state index contributed by atoms with van der Waals surface area (Å²) in [6.45, 7) is 4.39. The van der Waals surface area contributed by atoms with E-state index in [2.05, 4.69) is 13.8 Å². The van der Waals surface area contributed by atoms with Crippen LogP contribution < -0.4 is 51.4 Å². The second-order valence-corrected chi connectivity index (χ2v) is 2.91. The molecule has 0 aromatic heterocycles. The summed E-state index contributed by atoms with van der Waals surface area (Å²) in [5.74, 6) is 3.33. The molecule has 0 spiro atoms. The first-order chi connectivity index (χ1) is 3.79. The Hall–Kier alpha value is 1.60. The van der Waals surface area contributed by atoms with Gasteiger partial charge in [0.15, 0.2) is 0 Å². The van der Waals surface area contributed by atoms with E-state index in [0.29, 0.717) is 0 Å². The zero-order chi connectivity index (χ0) is 5.98. The molecule has 0 amide bonds. The van der Waals surface area contributed by atoms with Gasteiger partial charge in [0.05, 0.1) is 0 Å². The van der Waals surface area contributed by atoms with E-state index in [1.807, 2.05) is 0 Å². The maximum atomic E-state index is 2.19. The second kappa shape index (κ2) is 7.26. The Morgan fingerprint density at radius 3 is 0.900 bits per heavy atom. The van der Waals surface area contributed by atoms with Crippen LogP contribution in [0.4, 0.5) is 0 Å². The molecule has 0 aromatic carbocycles. The van der Waals surface area contributed by atoms with Crippen molar-refractivity contribution in [2.24, 2.45) is 0 Å². The molecule has 2 fully saturated rings. The minimum Gasteiger partial charge on any atom is -0.693 e. The Bertz CT molecular complexity index is 57.7. The minimum absolute atomic E-state index is 0. The van der Waals surface area contributed by atoms with Gasteiger partial charge in [0, 0.05) is 0 Å². The summed E-state index contributed by atoms with van der Waals surface area (Å²) in [7, 11) is 0. The van der Waals surface area contributed by atoms with E-state index in [1.165, 1.54) is 25.7 Å². The predicted molar refractivity (Wildman–Crippen MR) is 41.6 cm³/mol. The van der Waals surface area contributed by atoms with Gasteiger partial charge in [-0.2, -0.15) is 13.8 Å². The van der Waals surface area contributed by atoms with Crippen LogP contribution in [-0.4, -0.2) is 0 Å². The van der Waals surface area contributed by atoms with E-state index in [4.69, 9.17) is 0 Å². The molecule has 0 heterocycles. The molecule has 2 saturated carbocycles. The number of rotatable bonds is 0. The quantitative estimate of drug-likeness (QED) is 0.369. The Morgan fingerprint density at radius 2 is 0.900 bits per heavy atom. The third-order valence-electron chi connectivity index (χ3n) is 1.50. The Labute approximate surface area is 107 Å². The normalized spacial score (nSPS) is 21.0. The van der Waals surface area contributed by atoms with E-state index < -0.39 is 0 Å². The zero-order valence-corrected chi connectivity index (χ0v) is 10.5. The van der Waals surface area contributed by atoms with Gasteiger partial charge in [-0.15, -0.1) is 0 Å². The van der Waals surface area contributed by atoms with E-state index in [9.17, 15) is 0 Å². The summed E-state index contributed by atoms with van der Waals surface area (Å²) in [5, 5.41) is 0. The summed E-state index contributed by atoms with van der Waals surface area (Å²) in [6, 6.07) is 0. The molecular weight excluding hydrogens is 149 g/mol. The third kappa shape index (κ3) is 12.3. The smallest absolute Gasteiger partial charge is 0.693 e. The van der Waals surface area contributed by atoms with Crippen molar-refractivity contribution in [1.29, 1.82) is 0 Å². The molecule has 10 heavy (non-hydrogen) atoms. The van der Waals surface area contributed by atoms with Crippen LogP contribution in [0.15, 0.2) is 0 Å². The molecule has 2 aliphatic carbocycles. The van der Waals surface area contributed by atoms with Crippen LogP contribution >= 0.6 is 0 Å². The maximum Gasteiger partial charge on any atom is 1.00 e. The van der Waals surface area contributed by atoms with Gasteiger partial charge in [0.2, 0.25) is 0 Å². The molecular formula is C8H16KN-2. The van der Waals surface area contributed by atoms with Gasteiger partial charge in [-0.25, -0.2) is 25.7 Å². The van der Waals surface area contributed by atoms with Crippen LogP contribution in [0.25, 0.3) is 6.15 Å². The van der Waals surface area contributed by atoms with Crippen molar-refractivity contribution in [3.8, 4) is 0 Å². The Morgan fingerprint density at radius 1 is 0.800 bits per heavy atom. The van der Waals surface area contributed by atoms with E-state index in [1.54, 1.807) is 11.8 Å². The molecule has 2 heteroatoms. The molecule has 0 aromatic rings. The molecule has 0 atom stereocenters. The molecule has 2 rings (SSSR count). The van der Waals surface area contributed by atoms with Crippen molar-refractivity contribution in [3.63, 3.8) is 0 Å². The fourth-order valence-electron chi connectivity index (χ4n) is 0.250.